The Bertz CT molecular complexity index is 331. The van der Waals surface area contributed by atoms with Gasteiger partial charge in [0.25, 0.3) is 0 Å². The lowest BCUT2D eigenvalue weighted by atomic mass is 10.1. The average Bonchev–Trinajstić information content (AvgIpc) is 2.15. The molecule has 0 aliphatic heterocycles. The smallest absolute Gasteiger partial charge is 0.150 e. The molecule has 1 nitrogen and oxygen atoms in total. The minimum absolute atomic E-state index is 0.701. The van der Waals surface area contributed by atoms with Gasteiger partial charge in [-0.2, -0.15) is 0 Å². The van der Waals surface area contributed by atoms with Gasteiger partial charge in [0.15, 0.2) is 0 Å². The number of carbonyl (C=O) groups is 1. The predicted molar refractivity (Wildman–Crippen MR) is 55.7 cm³/mol. The number of carbonyl (C=O) groups excluding carboxylic acids is 1. The van der Waals surface area contributed by atoms with Gasteiger partial charge in [-0.15, -0.1) is 0 Å². The van der Waals surface area contributed by atoms with E-state index in [1.807, 2.05) is 31.2 Å². The maximum absolute atomic E-state index is 10.4. The highest BCUT2D eigenvalue weighted by Crippen LogP contribution is 2.05. The molecule has 0 aliphatic carbocycles. The minimum Gasteiger partial charge on any atom is -0.298 e. The van der Waals surface area contributed by atoms with Gasteiger partial charge in [0, 0.05) is 5.56 Å². The predicted octanol–water partition coefficient (Wildman–Crippen LogP) is 3.09. The molecule has 1 aromatic rings. The second kappa shape index (κ2) is 4.41. The van der Waals surface area contributed by atoms with Crippen molar-refractivity contribution < 1.29 is 4.79 Å². The van der Waals surface area contributed by atoms with Crippen molar-refractivity contribution in [2.75, 3.05) is 0 Å². The summed E-state index contributed by atoms with van der Waals surface area (Å²) < 4.78 is 0. The van der Waals surface area contributed by atoms with Crippen LogP contribution in [0.3, 0.4) is 0 Å². The fourth-order valence-electron chi connectivity index (χ4n) is 0.924. The van der Waals surface area contributed by atoms with E-state index in [1.54, 1.807) is 12.1 Å². The summed E-state index contributed by atoms with van der Waals surface area (Å²) in [5.74, 6) is 0. The van der Waals surface area contributed by atoms with Crippen molar-refractivity contribution >= 4 is 12.4 Å². The maximum atomic E-state index is 10.4. The van der Waals surface area contributed by atoms with Crippen molar-refractivity contribution in [3.05, 3.63) is 53.6 Å². The van der Waals surface area contributed by atoms with E-state index in [0.29, 0.717) is 5.56 Å². The Labute approximate surface area is 78.4 Å². The summed E-state index contributed by atoms with van der Waals surface area (Å²) in [5.41, 5.74) is 2.79. The fraction of sp³-hybridized carbons (Fsp3) is 0.0833. The molecule has 1 aromatic carbocycles. The second-order valence-corrected chi connectivity index (χ2v) is 2.96. The van der Waals surface area contributed by atoms with Crippen molar-refractivity contribution in [1.29, 1.82) is 0 Å². The lowest BCUT2D eigenvalue weighted by Gasteiger charge is -1.93. The number of allylic oxidation sites excluding steroid dienone is 2. The summed E-state index contributed by atoms with van der Waals surface area (Å²) in [5, 5.41) is 0. The second-order valence-electron chi connectivity index (χ2n) is 2.96. The van der Waals surface area contributed by atoms with E-state index in [4.69, 9.17) is 0 Å². The molecule has 0 saturated heterocycles. The molecule has 1 rings (SSSR count). The van der Waals surface area contributed by atoms with Crippen LogP contribution in [-0.4, -0.2) is 6.29 Å². The zero-order chi connectivity index (χ0) is 9.68. The van der Waals surface area contributed by atoms with Crippen LogP contribution >= 0.6 is 0 Å². The Hall–Kier alpha value is -1.63. The van der Waals surface area contributed by atoms with Crippen molar-refractivity contribution in [3.63, 3.8) is 0 Å². The molecular formula is C12H12O. The van der Waals surface area contributed by atoms with Crippen LogP contribution < -0.4 is 0 Å². The highest BCUT2D eigenvalue weighted by atomic mass is 16.1. The first kappa shape index (κ1) is 9.46. The fourth-order valence-corrected chi connectivity index (χ4v) is 0.924. The molecule has 0 aliphatic rings. The monoisotopic (exact) mass is 172 g/mol. The van der Waals surface area contributed by atoms with E-state index in [-0.39, 0.29) is 0 Å². The van der Waals surface area contributed by atoms with E-state index in [9.17, 15) is 4.79 Å². The summed E-state index contributed by atoms with van der Waals surface area (Å²) in [4.78, 5) is 10.4. The largest absolute Gasteiger partial charge is 0.298 e. The lowest BCUT2D eigenvalue weighted by Crippen LogP contribution is -1.78. The molecule has 0 radical (unpaired) electrons. The van der Waals surface area contributed by atoms with Crippen molar-refractivity contribution in [2.45, 2.75) is 6.92 Å². The van der Waals surface area contributed by atoms with Gasteiger partial charge in [0.2, 0.25) is 0 Å². The van der Waals surface area contributed by atoms with Crippen molar-refractivity contribution in [1.82, 2.24) is 0 Å². The van der Waals surface area contributed by atoms with Gasteiger partial charge >= 0.3 is 0 Å². The van der Waals surface area contributed by atoms with Crippen LogP contribution in [-0.2, 0) is 0 Å². The third-order valence-corrected chi connectivity index (χ3v) is 1.63. The first-order valence-electron chi connectivity index (χ1n) is 4.11. The molecule has 0 N–H and O–H groups in total. The topological polar surface area (TPSA) is 17.1 Å². The van der Waals surface area contributed by atoms with Crippen LogP contribution in [0, 0.1) is 0 Å². The Balaban J connectivity index is 2.80. The van der Waals surface area contributed by atoms with E-state index in [0.717, 1.165) is 17.4 Å². The molecule has 66 valence electrons. The van der Waals surface area contributed by atoms with Crippen LogP contribution in [0.15, 0.2) is 42.5 Å². The van der Waals surface area contributed by atoms with Crippen molar-refractivity contribution in [2.24, 2.45) is 0 Å². The highest BCUT2D eigenvalue weighted by Gasteiger charge is 1.88. The molecule has 0 atom stereocenters. The highest BCUT2D eigenvalue weighted by molar-refractivity contribution is 5.75. The molecular weight excluding hydrogens is 160 g/mol. The third-order valence-electron chi connectivity index (χ3n) is 1.63. The first-order chi connectivity index (χ1) is 6.22. The molecule has 0 saturated carbocycles. The molecule has 13 heavy (non-hydrogen) atoms. The number of benzene rings is 1. The van der Waals surface area contributed by atoms with Gasteiger partial charge in [-0.25, -0.2) is 0 Å². The van der Waals surface area contributed by atoms with E-state index < -0.39 is 0 Å². The van der Waals surface area contributed by atoms with E-state index in [2.05, 4.69) is 6.58 Å². The van der Waals surface area contributed by atoms with Crippen LogP contribution in [0.2, 0.25) is 0 Å². The molecule has 1 heteroatoms. The zero-order valence-electron chi connectivity index (χ0n) is 7.66. The first-order valence-corrected chi connectivity index (χ1v) is 4.11. The molecule has 0 fully saturated rings. The Kier molecular flexibility index (Phi) is 3.21. The minimum atomic E-state index is 0.701. The van der Waals surface area contributed by atoms with Gasteiger partial charge in [0.1, 0.15) is 6.29 Å². The number of rotatable bonds is 3. The summed E-state index contributed by atoms with van der Waals surface area (Å²) in [6.07, 6.45) is 4.75. The molecule has 0 heterocycles. The van der Waals surface area contributed by atoms with Crippen molar-refractivity contribution in [3.8, 4) is 0 Å². The SMILES string of the molecule is C=C(C)/C=C\c1ccc(C=O)cc1. The summed E-state index contributed by atoms with van der Waals surface area (Å²) in [6.45, 7) is 5.70. The molecule has 0 bridgehead atoms. The maximum Gasteiger partial charge on any atom is 0.150 e. The Morgan fingerprint density at radius 1 is 1.23 bits per heavy atom. The Morgan fingerprint density at radius 2 is 1.77 bits per heavy atom. The normalized spacial score (nSPS) is 10.2. The Morgan fingerprint density at radius 3 is 2.23 bits per heavy atom. The molecule has 0 aromatic heterocycles. The third kappa shape index (κ3) is 3.08. The lowest BCUT2D eigenvalue weighted by molar-refractivity contribution is 0.112. The van der Waals surface area contributed by atoms with Crippen LogP contribution in [0.4, 0.5) is 0 Å². The van der Waals surface area contributed by atoms with Gasteiger partial charge < -0.3 is 0 Å². The van der Waals surface area contributed by atoms with Crippen LogP contribution in [0.5, 0.6) is 0 Å². The van der Waals surface area contributed by atoms with E-state index >= 15 is 0 Å². The summed E-state index contributed by atoms with van der Waals surface area (Å²) in [7, 11) is 0. The molecule has 0 amide bonds. The molecule has 0 spiro atoms. The standard InChI is InChI=1S/C12H12O/c1-10(2)3-4-11-5-7-12(9-13)8-6-11/h3-9H,1H2,2H3/b4-3-. The summed E-state index contributed by atoms with van der Waals surface area (Å²) >= 11 is 0. The van der Waals surface area contributed by atoms with Gasteiger partial charge in [0.05, 0.1) is 0 Å². The zero-order valence-corrected chi connectivity index (χ0v) is 7.66. The average molecular weight is 172 g/mol. The van der Waals surface area contributed by atoms with E-state index in [1.165, 1.54) is 0 Å². The number of hydrogen-bond acceptors (Lipinski definition) is 1. The van der Waals surface area contributed by atoms with Crippen LogP contribution in [0.25, 0.3) is 6.08 Å². The van der Waals surface area contributed by atoms with Gasteiger partial charge in [-0.1, -0.05) is 48.6 Å². The molecule has 0 unspecified atom stereocenters. The number of aldehydes is 1. The van der Waals surface area contributed by atoms with Gasteiger partial charge in [-0.05, 0) is 12.5 Å². The quantitative estimate of drug-likeness (QED) is 0.505. The van der Waals surface area contributed by atoms with Gasteiger partial charge in [-0.3, -0.25) is 4.79 Å². The van der Waals surface area contributed by atoms with Crippen LogP contribution in [0.1, 0.15) is 22.8 Å². The number of hydrogen-bond donors (Lipinski definition) is 0. The summed E-state index contributed by atoms with van der Waals surface area (Å²) in [6, 6.07) is 7.41.